The highest BCUT2D eigenvalue weighted by Gasteiger charge is 2.33. The summed E-state index contributed by atoms with van der Waals surface area (Å²) in [6.45, 7) is 0. The van der Waals surface area contributed by atoms with E-state index in [1.165, 1.54) is 0 Å². The molecule has 1 fully saturated rings. The van der Waals surface area contributed by atoms with Crippen LogP contribution < -0.4 is 14.8 Å². The zero-order chi connectivity index (χ0) is 18.1. The number of nitrogens with one attached hydrogen (secondary N) is 2. The number of amides is 1. The van der Waals surface area contributed by atoms with Gasteiger partial charge in [-0.25, -0.2) is 0 Å². The number of carbonyl (C=O) groups excluding carboxylic acids is 1. The maximum atomic E-state index is 12.9. The number of aromatic amines is 1. The van der Waals surface area contributed by atoms with Crippen molar-refractivity contribution in [1.82, 2.24) is 10.3 Å². The summed E-state index contributed by atoms with van der Waals surface area (Å²) in [5, 5.41) is 4.08. The first-order valence-electron chi connectivity index (χ1n) is 8.80. The van der Waals surface area contributed by atoms with Crippen molar-refractivity contribution >= 4 is 16.8 Å². The molecule has 2 aromatic carbocycles. The normalized spacial score (nSPS) is 14.8. The quantitative estimate of drug-likeness (QED) is 0.704. The molecule has 0 saturated heterocycles. The average Bonchev–Trinajstić information content (AvgIpc) is 3.43. The third kappa shape index (κ3) is 3.12. The predicted octanol–water partition coefficient (Wildman–Crippen LogP) is 4.07. The number of fused-ring (bicyclic) bond motifs is 1. The summed E-state index contributed by atoms with van der Waals surface area (Å²) in [5.74, 6) is 1.75. The molecule has 0 bridgehead atoms. The molecule has 26 heavy (non-hydrogen) atoms. The molecule has 1 saturated carbocycles. The van der Waals surface area contributed by atoms with Crippen molar-refractivity contribution in [2.75, 3.05) is 14.2 Å². The van der Waals surface area contributed by atoms with Crippen LogP contribution in [0.1, 0.15) is 34.9 Å². The molecule has 0 radical (unpaired) electrons. The minimum atomic E-state index is -0.108. The largest absolute Gasteiger partial charge is 0.497 e. The van der Waals surface area contributed by atoms with Crippen molar-refractivity contribution in [3.05, 3.63) is 59.8 Å². The second-order valence-corrected chi connectivity index (χ2v) is 6.68. The molecule has 1 aliphatic carbocycles. The Labute approximate surface area is 152 Å². The van der Waals surface area contributed by atoms with Crippen molar-refractivity contribution in [3.63, 3.8) is 0 Å². The Hall–Kier alpha value is -2.95. The standard InChI is InChI=1S/C21H22N2O3/c1-25-16-10-15-11-17(22-20(15)18(12-16)26-2)21(24)23-19(14-8-9-14)13-6-4-3-5-7-13/h3-7,10-12,14,19,22H,8-9H2,1-2H3,(H,23,24)/t19-/m0/s1. The summed E-state index contributed by atoms with van der Waals surface area (Å²) in [4.78, 5) is 16.1. The zero-order valence-electron chi connectivity index (χ0n) is 14.9. The molecule has 0 aliphatic heterocycles. The Morgan fingerprint density at radius 3 is 2.54 bits per heavy atom. The topological polar surface area (TPSA) is 63.4 Å². The molecule has 5 heteroatoms. The summed E-state index contributed by atoms with van der Waals surface area (Å²) >= 11 is 0. The fourth-order valence-electron chi connectivity index (χ4n) is 3.37. The van der Waals surface area contributed by atoms with Crippen LogP contribution in [0.2, 0.25) is 0 Å². The average molecular weight is 350 g/mol. The molecule has 1 aromatic heterocycles. The van der Waals surface area contributed by atoms with E-state index >= 15 is 0 Å². The van der Waals surface area contributed by atoms with Crippen LogP contribution in [0.25, 0.3) is 10.9 Å². The van der Waals surface area contributed by atoms with Gasteiger partial charge in [-0.3, -0.25) is 4.79 Å². The Morgan fingerprint density at radius 1 is 1.12 bits per heavy atom. The fraction of sp³-hybridized carbons (Fsp3) is 0.286. The highest BCUT2D eigenvalue weighted by Crippen LogP contribution is 2.41. The van der Waals surface area contributed by atoms with E-state index < -0.39 is 0 Å². The number of benzene rings is 2. The van der Waals surface area contributed by atoms with E-state index in [1.807, 2.05) is 30.3 Å². The molecule has 1 aliphatic rings. The number of methoxy groups -OCH3 is 2. The molecular formula is C21H22N2O3. The Morgan fingerprint density at radius 2 is 1.88 bits per heavy atom. The summed E-state index contributed by atoms with van der Waals surface area (Å²) in [6.07, 6.45) is 2.30. The van der Waals surface area contributed by atoms with Crippen LogP contribution in [0.3, 0.4) is 0 Å². The van der Waals surface area contributed by atoms with Crippen LogP contribution in [0, 0.1) is 5.92 Å². The van der Waals surface area contributed by atoms with Crippen LogP contribution in [-0.2, 0) is 0 Å². The van der Waals surface area contributed by atoms with Gasteiger partial charge in [-0.1, -0.05) is 30.3 Å². The molecule has 4 rings (SSSR count). The number of aromatic nitrogens is 1. The maximum Gasteiger partial charge on any atom is 0.268 e. The third-order valence-electron chi connectivity index (χ3n) is 4.90. The second-order valence-electron chi connectivity index (χ2n) is 6.68. The van der Waals surface area contributed by atoms with E-state index in [1.54, 1.807) is 20.3 Å². The van der Waals surface area contributed by atoms with Gasteiger partial charge in [-0.2, -0.15) is 0 Å². The highest BCUT2D eigenvalue weighted by molar-refractivity contribution is 6.00. The lowest BCUT2D eigenvalue weighted by atomic mass is 10.0. The van der Waals surface area contributed by atoms with E-state index in [-0.39, 0.29) is 11.9 Å². The Bertz CT molecular complexity index is 929. The third-order valence-corrected chi connectivity index (χ3v) is 4.90. The van der Waals surface area contributed by atoms with Crippen LogP contribution in [0.5, 0.6) is 11.5 Å². The van der Waals surface area contributed by atoms with Gasteiger partial charge < -0.3 is 19.8 Å². The SMILES string of the molecule is COc1cc(OC)c2[nH]c(C(=O)N[C@@H](c3ccccc3)C3CC3)cc2c1. The van der Waals surface area contributed by atoms with E-state index in [9.17, 15) is 4.79 Å². The first kappa shape index (κ1) is 16.5. The van der Waals surface area contributed by atoms with Crippen molar-refractivity contribution in [1.29, 1.82) is 0 Å². The predicted molar refractivity (Wildman–Crippen MR) is 101 cm³/mol. The lowest BCUT2D eigenvalue weighted by Crippen LogP contribution is -2.30. The number of hydrogen-bond donors (Lipinski definition) is 2. The van der Waals surface area contributed by atoms with Gasteiger partial charge in [0.25, 0.3) is 5.91 Å². The van der Waals surface area contributed by atoms with Gasteiger partial charge in [0.1, 0.15) is 17.2 Å². The summed E-state index contributed by atoms with van der Waals surface area (Å²) in [5.41, 5.74) is 2.47. The fourth-order valence-corrected chi connectivity index (χ4v) is 3.37. The first-order chi connectivity index (χ1) is 12.7. The summed E-state index contributed by atoms with van der Waals surface area (Å²) in [7, 11) is 3.22. The number of carbonyl (C=O) groups is 1. The molecule has 134 valence electrons. The smallest absolute Gasteiger partial charge is 0.268 e. The van der Waals surface area contributed by atoms with Crippen LogP contribution >= 0.6 is 0 Å². The van der Waals surface area contributed by atoms with Gasteiger partial charge in [0, 0.05) is 11.5 Å². The van der Waals surface area contributed by atoms with Gasteiger partial charge in [-0.05, 0) is 36.5 Å². The molecule has 1 amide bonds. The monoisotopic (exact) mass is 350 g/mol. The minimum Gasteiger partial charge on any atom is -0.497 e. The zero-order valence-corrected chi connectivity index (χ0v) is 14.9. The van der Waals surface area contributed by atoms with Crippen molar-refractivity contribution in [3.8, 4) is 11.5 Å². The lowest BCUT2D eigenvalue weighted by Gasteiger charge is -2.18. The maximum absolute atomic E-state index is 12.9. The second kappa shape index (κ2) is 6.75. The molecule has 0 spiro atoms. The van der Waals surface area contributed by atoms with Crippen LogP contribution in [-0.4, -0.2) is 25.1 Å². The summed E-state index contributed by atoms with van der Waals surface area (Å²) in [6, 6.07) is 15.7. The highest BCUT2D eigenvalue weighted by atomic mass is 16.5. The molecule has 1 atom stereocenters. The van der Waals surface area contributed by atoms with Crippen molar-refractivity contribution in [2.45, 2.75) is 18.9 Å². The number of ether oxygens (including phenoxy) is 2. The number of H-pyrrole nitrogens is 1. The Balaban J connectivity index is 1.63. The first-order valence-corrected chi connectivity index (χ1v) is 8.80. The van der Waals surface area contributed by atoms with E-state index in [0.717, 1.165) is 29.3 Å². The lowest BCUT2D eigenvalue weighted by molar-refractivity contribution is 0.0927. The van der Waals surface area contributed by atoms with E-state index in [0.29, 0.717) is 23.1 Å². The molecular weight excluding hydrogens is 328 g/mol. The Kier molecular flexibility index (Phi) is 4.29. The summed E-state index contributed by atoms with van der Waals surface area (Å²) < 4.78 is 10.7. The van der Waals surface area contributed by atoms with E-state index in [4.69, 9.17) is 9.47 Å². The van der Waals surface area contributed by atoms with Crippen molar-refractivity contribution in [2.24, 2.45) is 5.92 Å². The van der Waals surface area contributed by atoms with Crippen LogP contribution in [0.4, 0.5) is 0 Å². The molecule has 5 nitrogen and oxygen atoms in total. The minimum absolute atomic E-state index is 0.0477. The van der Waals surface area contributed by atoms with Gasteiger partial charge in [-0.15, -0.1) is 0 Å². The van der Waals surface area contributed by atoms with Gasteiger partial charge in [0.2, 0.25) is 0 Å². The molecule has 3 aromatic rings. The number of rotatable bonds is 6. The van der Waals surface area contributed by atoms with E-state index in [2.05, 4.69) is 22.4 Å². The molecule has 2 N–H and O–H groups in total. The van der Waals surface area contributed by atoms with Gasteiger partial charge in [0.15, 0.2) is 0 Å². The molecule has 1 heterocycles. The van der Waals surface area contributed by atoms with Gasteiger partial charge in [0.05, 0.1) is 25.8 Å². The number of hydrogen-bond acceptors (Lipinski definition) is 3. The molecule has 0 unspecified atom stereocenters. The van der Waals surface area contributed by atoms with Crippen molar-refractivity contribution < 1.29 is 14.3 Å². The van der Waals surface area contributed by atoms with Gasteiger partial charge >= 0.3 is 0 Å². The van der Waals surface area contributed by atoms with Crippen LogP contribution in [0.15, 0.2) is 48.5 Å².